The number of para-hydroxylation sites is 1. The lowest BCUT2D eigenvalue weighted by atomic mass is 9.90. The first-order chi connectivity index (χ1) is 14.3. The molecule has 0 aromatic heterocycles. The number of likely N-dealkylation sites (N-methyl/N-ethyl adjacent to an activating group) is 1. The predicted octanol–water partition coefficient (Wildman–Crippen LogP) is 4.55. The van der Waals surface area contributed by atoms with Gasteiger partial charge in [0.25, 0.3) is 0 Å². The molecule has 158 valence electrons. The number of benzene rings is 2. The van der Waals surface area contributed by atoms with Crippen LogP contribution in [0.5, 0.6) is 5.75 Å². The molecular formula is C23H25ClN2O4. The SMILES string of the molecule is CCOC(=O)C1=C(COc2ccccc2Cl)N(C)C(=O)NC1c1cc(C)ccc1C. The Bertz CT molecular complexity index is 1000. The smallest absolute Gasteiger partial charge is 0.338 e. The highest BCUT2D eigenvalue weighted by Gasteiger charge is 2.37. The highest BCUT2D eigenvalue weighted by molar-refractivity contribution is 6.32. The maximum absolute atomic E-state index is 13.0. The number of esters is 1. The molecule has 0 saturated heterocycles. The summed E-state index contributed by atoms with van der Waals surface area (Å²) in [5, 5.41) is 3.37. The van der Waals surface area contributed by atoms with Crippen molar-refractivity contribution < 1.29 is 19.1 Å². The number of urea groups is 1. The summed E-state index contributed by atoms with van der Waals surface area (Å²) in [5.41, 5.74) is 3.61. The molecule has 0 fully saturated rings. The first-order valence-corrected chi connectivity index (χ1v) is 10.1. The molecule has 3 rings (SSSR count). The van der Waals surface area contributed by atoms with Crippen molar-refractivity contribution in [2.45, 2.75) is 26.8 Å². The van der Waals surface area contributed by atoms with Crippen LogP contribution in [-0.4, -0.2) is 37.2 Å². The second kappa shape index (κ2) is 9.22. The largest absolute Gasteiger partial charge is 0.486 e. The average molecular weight is 429 g/mol. The number of carbonyl (C=O) groups is 2. The Kier molecular flexibility index (Phi) is 6.67. The van der Waals surface area contributed by atoms with Crippen LogP contribution in [0.2, 0.25) is 5.02 Å². The van der Waals surface area contributed by atoms with Crippen molar-refractivity contribution in [2.75, 3.05) is 20.3 Å². The summed E-state index contributed by atoms with van der Waals surface area (Å²) in [6.45, 7) is 5.87. The Balaban J connectivity index is 2.09. The molecule has 7 heteroatoms. The van der Waals surface area contributed by atoms with Crippen molar-refractivity contribution >= 4 is 23.6 Å². The molecule has 2 aromatic carbocycles. The van der Waals surface area contributed by atoms with E-state index in [2.05, 4.69) is 5.32 Å². The topological polar surface area (TPSA) is 67.9 Å². The van der Waals surface area contributed by atoms with Crippen LogP contribution in [0.4, 0.5) is 4.79 Å². The summed E-state index contributed by atoms with van der Waals surface area (Å²) < 4.78 is 11.2. The third-order valence-corrected chi connectivity index (χ3v) is 5.33. The van der Waals surface area contributed by atoms with Gasteiger partial charge in [-0.1, -0.05) is 47.5 Å². The van der Waals surface area contributed by atoms with Crippen LogP contribution in [0.3, 0.4) is 0 Å². The lowest BCUT2D eigenvalue weighted by Crippen LogP contribution is -2.48. The van der Waals surface area contributed by atoms with Crippen LogP contribution in [0.1, 0.15) is 29.7 Å². The monoisotopic (exact) mass is 428 g/mol. The molecule has 1 heterocycles. The molecule has 0 bridgehead atoms. The molecule has 0 aliphatic carbocycles. The van der Waals surface area contributed by atoms with E-state index in [1.807, 2.05) is 32.0 Å². The zero-order valence-corrected chi connectivity index (χ0v) is 18.2. The summed E-state index contributed by atoms with van der Waals surface area (Å²) in [5.74, 6) is -0.0226. The number of hydrogen-bond donors (Lipinski definition) is 1. The van der Waals surface area contributed by atoms with Crippen LogP contribution in [0.15, 0.2) is 53.7 Å². The second-order valence-corrected chi connectivity index (χ2v) is 7.51. The first kappa shape index (κ1) is 21.7. The minimum atomic E-state index is -0.641. The molecule has 1 unspecified atom stereocenters. The minimum Gasteiger partial charge on any atom is -0.486 e. The van der Waals surface area contributed by atoms with Crippen molar-refractivity contribution in [2.24, 2.45) is 0 Å². The van der Waals surface area contributed by atoms with Crippen LogP contribution in [0, 0.1) is 13.8 Å². The van der Waals surface area contributed by atoms with Crippen LogP contribution in [-0.2, 0) is 9.53 Å². The Morgan fingerprint density at radius 2 is 1.93 bits per heavy atom. The molecule has 30 heavy (non-hydrogen) atoms. The van der Waals surface area contributed by atoms with Gasteiger partial charge in [0, 0.05) is 7.05 Å². The molecule has 2 aromatic rings. The van der Waals surface area contributed by atoms with Gasteiger partial charge in [-0.05, 0) is 44.0 Å². The number of nitrogens with one attached hydrogen (secondary N) is 1. The normalized spacial score (nSPS) is 16.4. The van der Waals surface area contributed by atoms with E-state index >= 15 is 0 Å². The summed E-state index contributed by atoms with van der Waals surface area (Å²) in [4.78, 5) is 27.1. The fraction of sp³-hybridized carbons (Fsp3) is 0.304. The van der Waals surface area contributed by atoms with Crippen LogP contribution in [0.25, 0.3) is 0 Å². The van der Waals surface area contributed by atoms with Crippen molar-refractivity contribution in [3.63, 3.8) is 0 Å². The minimum absolute atomic E-state index is 0.0107. The molecule has 1 aliphatic heterocycles. The number of aryl methyl sites for hydroxylation is 2. The predicted molar refractivity (Wildman–Crippen MR) is 116 cm³/mol. The Morgan fingerprint density at radius 3 is 2.63 bits per heavy atom. The van der Waals surface area contributed by atoms with Gasteiger partial charge in [-0.15, -0.1) is 0 Å². The number of carbonyl (C=O) groups excluding carboxylic acids is 2. The van der Waals surface area contributed by atoms with Gasteiger partial charge in [0.15, 0.2) is 0 Å². The number of rotatable bonds is 6. The number of hydrogen-bond acceptors (Lipinski definition) is 4. The van der Waals surface area contributed by atoms with Crippen molar-refractivity contribution in [3.8, 4) is 5.75 Å². The zero-order chi connectivity index (χ0) is 21.8. The molecule has 2 amide bonds. The third kappa shape index (κ3) is 4.44. The van der Waals surface area contributed by atoms with Gasteiger partial charge in [-0.3, -0.25) is 4.90 Å². The summed E-state index contributed by atoms with van der Waals surface area (Å²) in [6.07, 6.45) is 0. The molecule has 0 saturated carbocycles. The highest BCUT2D eigenvalue weighted by atomic mass is 35.5. The summed E-state index contributed by atoms with van der Waals surface area (Å²) in [6, 6.07) is 12.0. The van der Waals surface area contributed by atoms with E-state index in [0.717, 1.165) is 16.7 Å². The standard InChI is InChI=1S/C23H25ClN2O4/c1-5-29-22(27)20-18(13-30-19-9-7-6-8-17(19)24)26(4)23(28)25-21(20)16-12-14(2)10-11-15(16)3/h6-12,21H,5,13H2,1-4H3,(H,25,28). The molecule has 0 radical (unpaired) electrons. The summed E-state index contributed by atoms with van der Waals surface area (Å²) >= 11 is 6.19. The highest BCUT2D eigenvalue weighted by Crippen LogP contribution is 2.34. The summed E-state index contributed by atoms with van der Waals surface area (Å²) in [7, 11) is 1.60. The van der Waals surface area contributed by atoms with E-state index < -0.39 is 12.0 Å². The molecule has 1 N–H and O–H groups in total. The number of halogens is 1. The quantitative estimate of drug-likeness (QED) is 0.685. The van der Waals surface area contributed by atoms with E-state index in [9.17, 15) is 9.59 Å². The molecule has 0 spiro atoms. The lowest BCUT2D eigenvalue weighted by molar-refractivity contribution is -0.139. The van der Waals surface area contributed by atoms with Gasteiger partial charge >= 0.3 is 12.0 Å². The van der Waals surface area contributed by atoms with Gasteiger partial charge in [-0.2, -0.15) is 0 Å². The third-order valence-electron chi connectivity index (χ3n) is 5.02. The van der Waals surface area contributed by atoms with Gasteiger partial charge < -0.3 is 14.8 Å². The molecular weight excluding hydrogens is 404 g/mol. The Morgan fingerprint density at radius 1 is 1.20 bits per heavy atom. The van der Waals surface area contributed by atoms with Crippen LogP contribution >= 0.6 is 11.6 Å². The van der Waals surface area contributed by atoms with Gasteiger partial charge in [-0.25, -0.2) is 9.59 Å². The molecule has 1 atom stereocenters. The van der Waals surface area contributed by atoms with Crippen molar-refractivity contribution in [1.29, 1.82) is 0 Å². The first-order valence-electron chi connectivity index (χ1n) is 9.72. The maximum atomic E-state index is 13.0. The van der Waals surface area contributed by atoms with Crippen molar-refractivity contribution in [1.82, 2.24) is 10.2 Å². The van der Waals surface area contributed by atoms with E-state index in [1.54, 1.807) is 38.2 Å². The molecule has 6 nitrogen and oxygen atoms in total. The molecule has 1 aliphatic rings. The second-order valence-electron chi connectivity index (χ2n) is 7.10. The van der Waals surface area contributed by atoms with E-state index in [-0.39, 0.29) is 19.2 Å². The van der Waals surface area contributed by atoms with Crippen LogP contribution < -0.4 is 10.1 Å². The zero-order valence-electron chi connectivity index (χ0n) is 17.5. The van der Waals surface area contributed by atoms with Gasteiger partial charge in [0.1, 0.15) is 12.4 Å². The fourth-order valence-electron chi connectivity index (χ4n) is 3.39. The van der Waals surface area contributed by atoms with E-state index in [0.29, 0.717) is 22.0 Å². The van der Waals surface area contributed by atoms with Crippen molar-refractivity contribution in [3.05, 3.63) is 75.4 Å². The number of amides is 2. The van der Waals surface area contributed by atoms with Gasteiger partial charge in [0.2, 0.25) is 0 Å². The number of nitrogens with zero attached hydrogens (tertiary/aromatic N) is 1. The lowest BCUT2D eigenvalue weighted by Gasteiger charge is -2.35. The van der Waals surface area contributed by atoms with E-state index in [4.69, 9.17) is 21.1 Å². The van der Waals surface area contributed by atoms with Gasteiger partial charge in [0.05, 0.1) is 28.9 Å². The fourth-order valence-corrected chi connectivity index (χ4v) is 3.58. The number of ether oxygens (including phenoxy) is 2. The Hall–Kier alpha value is -2.99. The average Bonchev–Trinajstić information content (AvgIpc) is 2.71. The maximum Gasteiger partial charge on any atom is 0.338 e. The van der Waals surface area contributed by atoms with E-state index in [1.165, 1.54) is 4.90 Å². The Labute approximate surface area is 181 Å².